The summed E-state index contributed by atoms with van der Waals surface area (Å²) < 4.78 is 25.7. The van der Waals surface area contributed by atoms with Crippen molar-refractivity contribution in [1.82, 2.24) is 0 Å². The summed E-state index contributed by atoms with van der Waals surface area (Å²) >= 11 is 0. The molecule has 0 aliphatic heterocycles. The van der Waals surface area contributed by atoms with Gasteiger partial charge in [-0.25, -0.2) is 8.42 Å². The lowest BCUT2D eigenvalue weighted by atomic mass is 9.91. The summed E-state index contributed by atoms with van der Waals surface area (Å²) in [4.78, 5) is 12.4. The second kappa shape index (κ2) is 8.08. The number of carbonyl (C=O) groups excluding carboxylic acids is 1. The molecule has 0 atom stereocenters. The number of benzene rings is 2. The normalized spacial score (nSPS) is 15.0. The van der Waals surface area contributed by atoms with Gasteiger partial charge in [0.25, 0.3) is 0 Å². The molecule has 3 rings (SSSR count). The zero-order valence-corrected chi connectivity index (χ0v) is 17.9. The number of hydrogen-bond acceptors (Lipinski definition) is 4. The Morgan fingerprint density at radius 3 is 2.39 bits per heavy atom. The van der Waals surface area contributed by atoms with Crippen LogP contribution in [0.3, 0.4) is 0 Å². The molecule has 5 heteroatoms. The Morgan fingerprint density at radius 1 is 1.07 bits per heavy atom. The summed E-state index contributed by atoms with van der Waals surface area (Å²) in [5.41, 5.74) is 5.76. The van der Waals surface area contributed by atoms with Gasteiger partial charge >= 0.3 is 0 Å². The van der Waals surface area contributed by atoms with Gasteiger partial charge in [-0.1, -0.05) is 25.0 Å². The maximum Gasteiger partial charge on any atom is 0.181 e. The van der Waals surface area contributed by atoms with E-state index >= 15 is 0 Å². The molecule has 0 saturated heterocycles. The number of Topliss-reactive ketones (excluding diaryl/α,β-unsaturated/α-hetero) is 1. The van der Waals surface area contributed by atoms with E-state index in [9.17, 15) is 13.2 Å². The minimum atomic E-state index is -3.27. The maximum absolute atomic E-state index is 12.9. The molecule has 4 nitrogen and oxygen atoms in total. The highest BCUT2D eigenvalue weighted by molar-refractivity contribution is 7.92. The fourth-order valence-corrected chi connectivity index (χ4v) is 6.30. The van der Waals surface area contributed by atoms with Gasteiger partial charge < -0.3 is 5.32 Å². The molecule has 28 heavy (non-hydrogen) atoms. The van der Waals surface area contributed by atoms with Crippen LogP contribution in [-0.2, 0) is 16.4 Å². The SMILES string of the molecule is CC(=O)c1c(C)cc(C)c(CNc2cccc(S(=O)(=O)C3CCCC3)c2)c1C. The number of ketones is 1. The van der Waals surface area contributed by atoms with Gasteiger partial charge in [-0.05, 0) is 81.0 Å². The van der Waals surface area contributed by atoms with Crippen molar-refractivity contribution in [2.24, 2.45) is 0 Å². The van der Waals surface area contributed by atoms with Crippen LogP contribution >= 0.6 is 0 Å². The molecular formula is C23H29NO3S. The minimum absolute atomic E-state index is 0.0703. The van der Waals surface area contributed by atoms with Gasteiger partial charge in [0.2, 0.25) is 0 Å². The van der Waals surface area contributed by atoms with E-state index in [1.54, 1.807) is 25.1 Å². The highest BCUT2D eigenvalue weighted by Crippen LogP contribution is 2.31. The fraction of sp³-hybridized carbons (Fsp3) is 0.435. The third-order valence-corrected chi connectivity index (χ3v) is 8.12. The lowest BCUT2D eigenvalue weighted by molar-refractivity contribution is 0.101. The second-order valence-electron chi connectivity index (χ2n) is 7.88. The third kappa shape index (κ3) is 4.00. The molecule has 150 valence electrons. The van der Waals surface area contributed by atoms with Crippen LogP contribution < -0.4 is 5.32 Å². The van der Waals surface area contributed by atoms with Gasteiger partial charge in [0.15, 0.2) is 15.6 Å². The van der Waals surface area contributed by atoms with E-state index in [2.05, 4.69) is 5.32 Å². The maximum atomic E-state index is 12.9. The average molecular weight is 400 g/mol. The van der Waals surface area contributed by atoms with Crippen LogP contribution in [0, 0.1) is 20.8 Å². The summed E-state index contributed by atoms with van der Waals surface area (Å²) in [6.07, 6.45) is 3.50. The number of carbonyl (C=O) groups is 1. The Kier molecular flexibility index (Phi) is 5.94. The van der Waals surface area contributed by atoms with Crippen LogP contribution in [0.2, 0.25) is 0 Å². The quantitative estimate of drug-likeness (QED) is 0.683. The highest BCUT2D eigenvalue weighted by atomic mass is 32.2. The van der Waals surface area contributed by atoms with Crippen molar-refractivity contribution >= 4 is 21.3 Å². The summed E-state index contributed by atoms with van der Waals surface area (Å²) in [5, 5.41) is 3.11. The van der Waals surface area contributed by atoms with Crippen molar-refractivity contribution < 1.29 is 13.2 Å². The predicted octanol–water partition coefficient (Wildman–Crippen LogP) is 5.14. The smallest absolute Gasteiger partial charge is 0.181 e. The first-order valence-corrected chi connectivity index (χ1v) is 11.4. The summed E-state index contributed by atoms with van der Waals surface area (Å²) in [6.45, 7) is 8.13. The van der Waals surface area contributed by atoms with Gasteiger partial charge in [0.1, 0.15) is 0 Å². The fourth-order valence-electron chi connectivity index (χ4n) is 4.40. The van der Waals surface area contributed by atoms with E-state index in [1.165, 1.54) is 0 Å². The number of sulfone groups is 1. The molecule has 0 amide bonds. The van der Waals surface area contributed by atoms with Crippen molar-refractivity contribution in [3.63, 3.8) is 0 Å². The monoisotopic (exact) mass is 399 g/mol. The van der Waals surface area contributed by atoms with Gasteiger partial charge in [-0.2, -0.15) is 0 Å². The van der Waals surface area contributed by atoms with E-state index in [0.29, 0.717) is 11.4 Å². The van der Waals surface area contributed by atoms with Gasteiger partial charge in [0, 0.05) is 17.8 Å². The number of aryl methyl sites for hydroxylation is 2. The van der Waals surface area contributed by atoms with Crippen molar-refractivity contribution in [1.29, 1.82) is 0 Å². The van der Waals surface area contributed by atoms with Crippen LogP contribution in [0.5, 0.6) is 0 Å². The number of rotatable bonds is 6. The Balaban J connectivity index is 1.85. The summed E-state index contributed by atoms with van der Waals surface area (Å²) in [6, 6.07) is 9.15. The molecule has 2 aromatic rings. The molecule has 0 aromatic heterocycles. The standard InChI is InChI=1S/C23H29NO3S/c1-15-12-16(2)23(18(4)25)17(3)22(15)14-24-19-8-7-11-21(13-19)28(26,27)20-9-5-6-10-20/h7-8,11-13,20,24H,5-6,9-10,14H2,1-4H3. The zero-order valence-electron chi connectivity index (χ0n) is 17.1. The van der Waals surface area contributed by atoms with E-state index in [0.717, 1.165) is 59.2 Å². The third-order valence-electron chi connectivity index (χ3n) is 5.86. The molecule has 1 aliphatic carbocycles. The molecule has 2 aromatic carbocycles. The number of nitrogens with one attached hydrogen (secondary N) is 1. The van der Waals surface area contributed by atoms with Crippen LogP contribution in [0.4, 0.5) is 5.69 Å². The molecular weight excluding hydrogens is 370 g/mol. The van der Waals surface area contributed by atoms with Crippen molar-refractivity contribution in [3.8, 4) is 0 Å². The van der Waals surface area contributed by atoms with Gasteiger partial charge in [0.05, 0.1) is 10.1 Å². The van der Waals surface area contributed by atoms with Crippen LogP contribution in [0.25, 0.3) is 0 Å². The van der Waals surface area contributed by atoms with E-state index in [-0.39, 0.29) is 11.0 Å². The zero-order chi connectivity index (χ0) is 20.5. The molecule has 0 radical (unpaired) electrons. The Hall–Kier alpha value is -2.14. The molecule has 1 N–H and O–H groups in total. The molecule has 1 saturated carbocycles. The first-order valence-electron chi connectivity index (χ1n) is 9.90. The van der Waals surface area contributed by atoms with Crippen molar-refractivity contribution in [2.45, 2.75) is 70.1 Å². The molecule has 1 fully saturated rings. The molecule has 0 heterocycles. The first-order chi connectivity index (χ1) is 13.2. The van der Waals surface area contributed by atoms with Crippen LogP contribution in [0.15, 0.2) is 35.2 Å². The topological polar surface area (TPSA) is 63.2 Å². The van der Waals surface area contributed by atoms with Gasteiger partial charge in [-0.15, -0.1) is 0 Å². The van der Waals surface area contributed by atoms with E-state index < -0.39 is 9.84 Å². The number of anilines is 1. The molecule has 1 aliphatic rings. The number of hydrogen-bond donors (Lipinski definition) is 1. The van der Waals surface area contributed by atoms with Crippen LogP contribution in [-0.4, -0.2) is 19.5 Å². The highest BCUT2D eigenvalue weighted by Gasteiger charge is 2.30. The van der Waals surface area contributed by atoms with Crippen molar-refractivity contribution in [3.05, 3.63) is 58.1 Å². The Bertz CT molecular complexity index is 1000. The van der Waals surface area contributed by atoms with Crippen LogP contribution in [0.1, 0.15) is 65.2 Å². The predicted molar refractivity (Wildman–Crippen MR) is 114 cm³/mol. The lowest BCUT2D eigenvalue weighted by Crippen LogP contribution is -2.18. The summed E-state index contributed by atoms with van der Waals surface area (Å²) in [7, 11) is -3.27. The Morgan fingerprint density at radius 2 is 1.75 bits per heavy atom. The minimum Gasteiger partial charge on any atom is -0.381 e. The molecule has 0 bridgehead atoms. The van der Waals surface area contributed by atoms with Gasteiger partial charge in [-0.3, -0.25) is 4.79 Å². The van der Waals surface area contributed by atoms with E-state index in [4.69, 9.17) is 0 Å². The average Bonchev–Trinajstić information content (AvgIpc) is 3.16. The first kappa shape index (κ1) is 20.6. The van der Waals surface area contributed by atoms with Crippen molar-refractivity contribution in [2.75, 3.05) is 5.32 Å². The van der Waals surface area contributed by atoms with E-state index in [1.807, 2.05) is 32.9 Å². The molecule has 0 spiro atoms. The lowest BCUT2D eigenvalue weighted by Gasteiger charge is -2.17. The largest absolute Gasteiger partial charge is 0.381 e. The summed E-state index contributed by atoms with van der Waals surface area (Å²) in [5.74, 6) is 0.0703. The molecule has 0 unspecified atom stereocenters. The Labute approximate surface area is 168 Å². The second-order valence-corrected chi connectivity index (χ2v) is 10.1.